The topological polar surface area (TPSA) is 55.4 Å². The van der Waals surface area contributed by atoms with Crippen molar-refractivity contribution in [3.05, 3.63) is 35.4 Å². The average molecular weight is 303 g/mol. The van der Waals surface area contributed by atoms with Crippen molar-refractivity contribution in [2.45, 2.75) is 25.9 Å². The van der Waals surface area contributed by atoms with Crippen LogP contribution in [0.3, 0.4) is 0 Å². The molecule has 0 saturated carbocycles. The van der Waals surface area contributed by atoms with E-state index in [9.17, 15) is 22.8 Å². The number of alkyl halides is 3. The van der Waals surface area contributed by atoms with Gasteiger partial charge in [0.05, 0.1) is 12.2 Å². The highest BCUT2D eigenvalue weighted by Crippen LogP contribution is 2.28. The number of amides is 1. The van der Waals surface area contributed by atoms with Gasteiger partial charge in [0.2, 0.25) is 0 Å². The smallest absolute Gasteiger partial charge is 0.416 e. The summed E-state index contributed by atoms with van der Waals surface area (Å²) in [5.74, 6) is -1.21. The zero-order valence-corrected chi connectivity index (χ0v) is 11.5. The van der Waals surface area contributed by atoms with Crippen molar-refractivity contribution in [2.75, 3.05) is 13.2 Å². The van der Waals surface area contributed by atoms with Gasteiger partial charge in [0.15, 0.2) is 0 Å². The predicted octanol–water partition coefficient (Wildman–Crippen LogP) is 2.78. The van der Waals surface area contributed by atoms with Crippen LogP contribution >= 0.6 is 0 Å². The van der Waals surface area contributed by atoms with Crippen molar-refractivity contribution >= 4 is 11.9 Å². The fourth-order valence-electron chi connectivity index (χ4n) is 1.45. The Labute approximate surface area is 120 Å². The number of hydrogen-bond acceptors (Lipinski definition) is 3. The number of rotatable bonds is 6. The van der Waals surface area contributed by atoms with E-state index in [1.54, 1.807) is 0 Å². The minimum absolute atomic E-state index is 0.0457. The van der Waals surface area contributed by atoms with Gasteiger partial charge in [-0.25, -0.2) is 0 Å². The van der Waals surface area contributed by atoms with Crippen LogP contribution in [0.25, 0.3) is 0 Å². The Balaban J connectivity index is 2.47. The number of ether oxygens (including phenoxy) is 1. The Morgan fingerprint density at radius 3 is 2.33 bits per heavy atom. The number of benzene rings is 1. The first-order chi connectivity index (χ1) is 9.84. The summed E-state index contributed by atoms with van der Waals surface area (Å²) < 4.78 is 41.9. The van der Waals surface area contributed by atoms with Gasteiger partial charge in [0, 0.05) is 5.56 Å². The molecule has 0 aromatic heterocycles. The number of unbranched alkanes of at least 4 members (excludes halogenated alkanes) is 1. The van der Waals surface area contributed by atoms with Crippen molar-refractivity contribution in [1.82, 2.24) is 5.32 Å². The molecule has 1 N–H and O–H groups in total. The molecule has 116 valence electrons. The molecule has 0 aliphatic carbocycles. The van der Waals surface area contributed by atoms with Crippen LogP contribution < -0.4 is 5.32 Å². The lowest BCUT2D eigenvalue weighted by atomic mass is 10.1. The largest absolute Gasteiger partial charge is 0.464 e. The van der Waals surface area contributed by atoms with Crippen LogP contribution in [-0.2, 0) is 15.7 Å². The van der Waals surface area contributed by atoms with E-state index in [4.69, 9.17) is 4.74 Å². The van der Waals surface area contributed by atoms with E-state index in [0.29, 0.717) is 0 Å². The number of nitrogens with one attached hydrogen (secondary N) is 1. The summed E-state index contributed by atoms with van der Waals surface area (Å²) >= 11 is 0. The first-order valence-electron chi connectivity index (χ1n) is 6.45. The Hall–Kier alpha value is -2.05. The molecule has 0 saturated heterocycles. The first-order valence-corrected chi connectivity index (χ1v) is 6.45. The maximum atomic E-state index is 12.4. The predicted molar refractivity (Wildman–Crippen MR) is 69.6 cm³/mol. The highest BCUT2D eigenvalue weighted by atomic mass is 19.4. The highest BCUT2D eigenvalue weighted by molar-refractivity contribution is 5.95. The molecule has 1 amide bonds. The molecule has 0 radical (unpaired) electrons. The molecule has 7 heteroatoms. The molecule has 0 heterocycles. The van der Waals surface area contributed by atoms with Gasteiger partial charge in [0.25, 0.3) is 5.91 Å². The summed E-state index contributed by atoms with van der Waals surface area (Å²) in [7, 11) is 0. The van der Waals surface area contributed by atoms with E-state index in [0.717, 1.165) is 37.1 Å². The molecule has 1 aromatic carbocycles. The molecule has 0 aliphatic heterocycles. The molecule has 0 fully saturated rings. The summed E-state index contributed by atoms with van der Waals surface area (Å²) in [6.07, 6.45) is -2.83. The van der Waals surface area contributed by atoms with Gasteiger partial charge in [-0.2, -0.15) is 13.2 Å². The number of carbonyl (C=O) groups is 2. The molecule has 1 aromatic rings. The SMILES string of the molecule is CCCCOC(=O)CNC(=O)c1ccc(C(F)(F)F)cc1. The van der Waals surface area contributed by atoms with Crippen LogP contribution in [0, 0.1) is 0 Å². The lowest BCUT2D eigenvalue weighted by Crippen LogP contribution is -2.30. The fraction of sp³-hybridized carbons (Fsp3) is 0.429. The molecule has 0 spiro atoms. The summed E-state index contributed by atoms with van der Waals surface area (Å²) in [6.45, 7) is 1.91. The van der Waals surface area contributed by atoms with E-state index in [1.807, 2.05) is 6.92 Å². The molecule has 0 aliphatic rings. The van der Waals surface area contributed by atoms with Gasteiger partial charge < -0.3 is 10.1 Å². The zero-order chi connectivity index (χ0) is 15.9. The van der Waals surface area contributed by atoms with E-state index < -0.39 is 23.6 Å². The molecule has 1 rings (SSSR count). The van der Waals surface area contributed by atoms with Crippen LogP contribution in [0.2, 0.25) is 0 Å². The number of hydrogen-bond donors (Lipinski definition) is 1. The summed E-state index contributed by atoms with van der Waals surface area (Å²) in [5.41, 5.74) is -0.789. The minimum atomic E-state index is -4.45. The third-order valence-corrected chi connectivity index (χ3v) is 2.63. The third-order valence-electron chi connectivity index (χ3n) is 2.63. The monoisotopic (exact) mass is 303 g/mol. The Bertz CT molecular complexity index is 483. The number of halogens is 3. The standard InChI is InChI=1S/C14H16F3NO3/c1-2-3-8-21-12(19)9-18-13(20)10-4-6-11(7-5-10)14(15,16)17/h4-7H,2-3,8-9H2,1H3,(H,18,20). The minimum Gasteiger partial charge on any atom is -0.464 e. The van der Waals surface area contributed by atoms with Gasteiger partial charge in [-0.1, -0.05) is 13.3 Å². The lowest BCUT2D eigenvalue weighted by Gasteiger charge is -2.08. The van der Waals surface area contributed by atoms with Crippen LogP contribution in [-0.4, -0.2) is 25.0 Å². The van der Waals surface area contributed by atoms with E-state index in [-0.39, 0.29) is 18.7 Å². The molecule has 4 nitrogen and oxygen atoms in total. The first kappa shape index (κ1) is 17.0. The normalized spacial score (nSPS) is 11.0. The van der Waals surface area contributed by atoms with Crippen molar-refractivity contribution in [3.63, 3.8) is 0 Å². The lowest BCUT2D eigenvalue weighted by molar-refractivity contribution is -0.142. The van der Waals surface area contributed by atoms with Crippen molar-refractivity contribution < 1.29 is 27.5 Å². The van der Waals surface area contributed by atoms with Crippen molar-refractivity contribution in [2.24, 2.45) is 0 Å². The molecule has 0 atom stereocenters. The second-order valence-corrected chi connectivity index (χ2v) is 4.33. The summed E-state index contributed by atoms with van der Waals surface area (Å²) in [4.78, 5) is 22.9. The van der Waals surface area contributed by atoms with Crippen LogP contribution in [0.1, 0.15) is 35.7 Å². The molecular formula is C14H16F3NO3. The Kier molecular flexibility index (Phi) is 6.20. The Morgan fingerprint density at radius 1 is 1.19 bits per heavy atom. The van der Waals surface area contributed by atoms with Crippen LogP contribution in [0.15, 0.2) is 24.3 Å². The van der Waals surface area contributed by atoms with E-state index >= 15 is 0 Å². The quantitative estimate of drug-likeness (QED) is 0.649. The maximum Gasteiger partial charge on any atom is 0.416 e. The van der Waals surface area contributed by atoms with E-state index in [1.165, 1.54) is 0 Å². The van der Waals surface area contributed by atoms with Crippen molar-refractivity contribution in [1.29, 1.82) is 0 Å². The number of esters is 1. The summed E-state index contributed by atoms with van der Waals surface area (Å²) in [5, 5.41) is 2.29. The maximum absolute atomic E-state index is 12.4. The van der Waals surface area contributed by atoms with Gasteiger partial charge in [-0.3, -0.25) is 9.59 Å². The van der Waals surface area contributed by atoms with E-state index in [2.05, 4.69) is 5.32 Å². The fourth-order valence-corrected chi connectivity index (χ4v) is 1.45. The molecule has 0 unspecified atom stereocenters. The average Bonchev–Trinajstić information content (AvgIpc) is 2.44. The molecule has 0 bridgehead atoms. The van der Waals surface area contributed by atoms with Gasteiger partial charge in [-0.05, 0) is 30.7 Å². The Morgan fingerprint density at radius 2 is 1.81 bits per heavy atom. The zero-order valence-electron chi connectivity index (χ0n) is 11.5. The van der Waals surface area contributed by atoms with Crippen LogP contribution in [0.5, 0.6) is 0 Å². The second-order valence-electron chi connectivity index (χ2n) is 4.33. The number of carbonyl (C=O) groups excluding carboxylic acids is 2. The second kappa shape index (κ2) is 7.66. The van der Waals surface area contributed by atoms with Gasteiger partial charge >= 0.3 is 12.1 Å². The molecule has 21 heavy (non-hydrogen) atoms. The van der Waals surface area contributed by atoms with Crippen LogP contribution in [0.4, 0.5) is 13.2 Å². The molecular weight excluding hydrogens is 287 g/mol. The summed E-state index contributed by atoms with van der Waals surface area (Å²) in [6, 6.07) is 3.74. The van der Waals surface area contributed by atoms with Gasteiger partial charge in [-0.15, -0.1) is 0 Å². The van der Waals surface area contributed by atoms with Crippen molar-refractivity contribution in [3.8, 4) is 0 Å². The van der Waals surface area contributed by atoms with Gasteiger partial charge in [0.1, 0.15) is 6.54 Å². The highest BCUT2D eigenvalue weighted by Gasteiger charge is 2.30. The third kappa shape index (κ3) is 5.85.